The molecule has 0 aromatic heterocycles. The molecule has 4 aromatic rings. The lowest BCUT2D eigenvalue weighted by atomic mass is 9.88. The molecule has 280 valence electrons. The second-order valence-corrected chi connectivity index (χ2v) is 17.0. The van der Waals surface area contributed by atoms with Crippen LogP contribution in [0.5, 0.6) is 5.75 Å². The predicted molar refractivity (Wildman–Crippen MR) is 206 cm³/mol. The SMILES string of the molecule is COc1ccc(S(=O)(=O)N(C[C@H](O)[C@H](Cc2ccccc2)NC(=O)OC(C)(C)C)CC(C)(C)CCN(Cc2ccccc2)Cc2ccccc2)cc1. The quantitative estimate of drug-likeness (QED) is 0.111. The highest BCUT2D eigenvalue weighted by molar-refractivity contribution is 7.89. The summed E-state index contributed by atoms with van der Waals surface area (Å²) in [6.45, 7) is 11.5. The Morgan fingerprint density at radius 1 is 0.769 bits per heavy atom. The van der Waals surface area contributed by atoms with E-state index in [1.54, 1.807) is 32.9 Å². The number of amides is 1. The third-order valence-corrected chi connectivity index (χ3v) is 10.6. The van der Waals surface area contributed by atoms with Gasteiger partial charge in [-0.05, 0) is 86.5 Å². The van der Waals surface area contributed by atoms with E-state index in [1.807, 2.05) is 66.7 Å². The van der Waals surface area contributed by atoms with Gasteiger partial charge in [-0.2, -0.15) is 4.31 Å². The molecule has 9 nitrogen and oxygen atoms in total. The highest BCUT2D eigenvalue weighted by atomic mass is 32.2. The van der Waals surface area contributed by atoms with Crippen molar-refractivity contribution in [2.75, 3.05) is 26.7 Å². The molecule has 4 rings (SSSR count). The number of aliphatic hydroxyl groups excluding tert-OH is 1. The van der Waals surface area contributed by atoms with Crippen molar-refractivity contribution in [3.63, 3.8) is 0 Å². The number of hydrogen-bond acceptors (Lipinski definition) is 7. The lowest BCUT2D eigenvalue weighted by molar-refractivity contribution is 0.0390. The number of sulfonamides is 1. The zero-order chi connectivity index (χ0) is 37.8. The van der Waals surface area contributed by atoms with Crippen LogP contribution < -0.4 is 10.1 Å². The van der Waals surface area contributed by atoms with Gasteiger partial charge in [0.2, 0.25) is 10.0 Å². The molecule has 10 heteroatoms. The van der Waals surface area contributed by atoms with Gasteiger partial charge in [-0.25, -0.2) is 13.2 Å². The summed E-state index contributed by atoms with van der Waals surface area (Å²) in [4.78, 5) is 15.4. The number of nitrogens with zero attached hydrogens (tertiary/aromatic N) is 2. The van der Waals surface area contributed by atoms with Crippen LogP contribution in [0.2, 0.25) is 0 Å². The third kappa shape index (κ3) is 13.1. The van der Waals surface area contributed by atoms with Crippen LogP contribution in [-0.2, 0) is 34.3 Å². The van der Waals surface area contributed by atoms with E-state index in [-0.39, 0.29) is 24.4 Å². The van der Waals surface area contributed by atoms with Crippen molar-refractivity contribution in [2.24, 2.45) is 5.41 Å². The molecule has 1 amide bonds. The number of carbonyl (C=O) groups is 1. The number of benzene rings is 4. The average molecular weight is 730 g/mol. The largest absolute Gasteiger partial charge is 0.497 e. The van der Waals surface area contributed by atoms with Gasteiger partial charge in [0.1, 0.15) is 11.4 Å². The number of ether oxygens (including phenoxy) is 2. The maximum absolute atomic E-state index is 14.4. The molecule has 0 unspecified atom stereocenters. The minimum absolute atomic E-state index is 0.0887. The molecule has 0 spiro atoms. The van der Waals surface area contributed by atoms with Gasteiger partial charge in [0.25, 0.3) is 0 Å². The van der Waals surface area contributed by atoms with Gasteiger partial charge in [-0.3, -0.25) is 4.90 Å². The number of hydrogen-bond donors (Lipinski definition) is 2. The molecule has 2 N–H and O–H groups in total. The first-order valence-electron chi connectivity index (χ1n) is 17.8. The van der Waals surface area contributed by atoms with E-state index in [2.05, 4.69) is 48.3 Å². The van der Waals surface area contributed by atoms with Gasteiger partial charge in [0, 0.05) is 26.2 Å². The van der Waals surface area contributed by atoms with Crippen LogP contribution in [0, 0.1) is 5.41 Å². The Bertz CT molecular complexity index is 1720. The Labute approximate surface area is 310 Å². The van der Waals surface area contributed by atoms with Crippen LogP contribution in [0.15, 0.2) is 120 Å². The van der Waals surface area contributed by atoms with Crippen molar-refractivity contribution in [1.82, 2.24) is 14.5 Å². The number of nitrogens with one attached hydrogen (secondary N) is 1. The van der Waals surface area contributed by atoms with Gasteiger partial charge in [0.15, 0.2) is 0 Å². The number of aliphatic hydroxyl groups is 1. The van der Waals surface area contributed by atoms with Crippen LogP contribution in [-0.4, -0.2) is 73.3 Å². The summed E-state index contributed by atoms with van der Waals surface area (Å²) in [5.41, 5.74) is 2.02. The molecular formula is C42H55N3O6S. The lowest BCUT2D eigenvalue weighted by Gasteiger charge is -2.36. The second kappa shape index (κ2) is 18.5. The van der Waals surface area contributed by atoms with Crippen molar-refractivity contribution in [3.8, 4) is 5.75 Å². The molecule has 4 aromatic carbocycles. The lowest BCUT2D eigenvalue weighted by Crippen LogP contribution is -2.52. The third-order valence-electron chi connectivity index (χ3n) is 8.76. The number of rotatable bonds is 18. The predicted octanol–water partition coefficient (Wildman–Crippen LogP) is 7.30. The van der Waals surface area contributed by atoms with Crippen molar-refractivity contribution >= 4 is 16.1 Å². The standard InChI is InChI=1S/C42H55N3O6S/c1-41(2,3)51-40(47)43-38(28-33-16-10-7-11-17-33)39(46)31-45(52(48,49)37-24-22-36(50-6)23-25-37)32-42(4,5)26-27-44(29-34-18-12-8-13-19-34)30-35-20-14-9-15-21-35/h7-25,38-39,46H,26-32H2,1-6H3,(H,43,47)/t38-,39-/m0/s1. The maximum Gasteiger partial charge on any atom is 0.407 e. The fraction of sp³-hybridized carbons (Fsp3) is 0.405. The minimum Gasteiger partial charge on any atom is -0.497 e. The zero-order valence-electron chi connectivity index (χ0n) is 31.4. The van der Waals surface area contributed by atoms with Gasteiger partial charge >= 0.3 is 6.09 Å². The first-order chi connectivity index (χ1) is 24.6. The fourth-order valence-electron chi connectivity index (χ4n) is 6.01. The Morgan fingerprint density at radius 3 is 1.75 bits per heavy atom. The van der Waals surface area contributed by atoms with Crippen LogP contribution >= 0.6 is 0 Å². The molecule has 0 aliphatic heterocycles. The van der Waals surface area contributed by atoms with Crippen molar-refractivity contribution in [1.29, 1.82) is 0 Å². The van der Waals surface area contributed by atoms with Crippen LogP contribution in [0.3, 0.4) is 0 Å². The minimum atomic E-state index is -4.09. The molecule has 2 atom stereocenters. The normalized spacial score (nSPS) is 13.5. The highest BCUT2D eigenvalue weighted by Crippen LogP contribution is 2.29. The van der Waals surface area contributed by atoms with E-state index in [4.69, 9.17) is 9.47 Å². The molecule has 0 bridgehead atoms. The van der Waals surface area contributed by atoms with Gasteiger partial charge in [-0.15, -0.1) is 0 Å². The van der Waals surface area contributed by atoms with Crippen LogP contribution in [0.25, 0.3) is 0 Å². The van der Waals surface area contributed by atoms with E-state index >= 15 is 0 Å². The Hall–Kier alpha value is -4.22. The van der Waals surface area contributed by atoms with E-state index in [0.717, 1.165) is 18.7 Å². The summed E-state index contributed by atoms with van der Waals surface area (Å²) >= 11 is 0. The molecule has 0 aliphatic rings. The summed E-state index contributed by atoms with van der Waals surface area (Å²) < 4.78 is 41.0. The molecule has 0 aliphatic carbocycles. The van der Waals surface area contributed by atoms with Gasteiger partial charge in [0.05, 0.1) is 24.2 Å². The topological polar surface area (TPSA) is 108 Å². The monoisotopic (exact) mass is 729 g/mol. The van der Waals surface area contributed by atoms with Crippen molar-refractivity contribution < 1.29 is 27.8 Å². The Balaban J connectivity index is 1.60. The molecule has 0 radical (unpaired) electrons. The Kier molecular flexibility index (Phi) is 14.4. The number of alkyl carbamates (subject to hydrolysis) is 1. The molecule has 0 saturated heterocycles. The van der Waals surface area contributed by atoms with Crippen LogP contribution in [0.4, 0.5) is 4.79 Å². The highest BCUT2D eigenvalue weighted by Gasteiger charge is 2.35. The van der Waals surface area contributed by atoms with E-state index in [0.29, 0.717) is 18.7 Å². The fourth-order valence-corrected chi connectivity index (χ4v) is 7.65. The average Bonchev–Trinajstić information content (AvgIpc) is 3.10. The second-order valence-electron chi connectivity index (χ2n) is 15.1. The van der Waals surface area contributed by atoms with E-state index in [9.17, 15) is 18.3 Å². The molecule has 0 saturated carbocycles. The number of methoxy groups -OCH3 is 1. The van der Waals surface area contributed by atoms with Crippen molar-refractivity contribution in [2.45, 2.75) is 83.2 Å². The Morgan fingerprint density at radius 2 is 1.27 bits per heavy atom. The molecule has 0 heterocycles. The van der Waals surface area contributed by atoms with Gasteiger partial charge < -0.3 is 19.9 Å². The smallest absolute Gasteiger partial charge is 0.407 e. The molecule has 0 fully saturated rings. The number of carbonyl (C=O) groups excluding carboxylic acids is 1. The van der Waals surface area contributed by atoms with E-state index < -0.39 is 39.3 Å². The summed E-state index contributed by atoms with van der Waals surface area (Å²) in [6.07, 6.45) is -0.991. The van der Waals surface area contributed by atoms with Crippen molar-refractivity contribution in [3.05, 3.63) is 132 Å². The first-order valence-corrected chi connectivity index (χ1v) is 19.2. The van der Waals surface area contributed by atoms with E-state index in [1.165, 1.54) is 34.7 Å². The summed E-state index contributed by atoms with van der Waals surface area (Å²) in [7, 11) is -2.57. The summed E-state index contributed by atoms with van der Waals surface area (Å²) in [6, 6.07) is 35.5. The molecule has 52 heavy (non-hydrogen) atoms. The van der Waals surface area contributed by atoms with Gasteiger partial charge in [-0.1, -0.05) is 105 Å². The molecular weight excluding hydrogens is 675 g/mol. The first kappa shape index (κ1) is 40.5. The summed E-state index contributed by atoms with van der Waals surface area (Å²) in [5.74, 6) is 0.535. The maximum atomic E-state index is 14.4. The van der Waals surface area contributed by atoms with Crippen LogP contribution in [0.1, 0.15) is 57.7 Å². The zero-order valence-corrected chi connectivity index (χ0v) is 32.2. The summed E-state index contributed by atoms with van der Waals surface area (Å²) in [5, 5.41) is 14.6.